The summed E-state index contributed by atoms with van der Waals surface area (Å²) in [6.45, 7) is 2.19. The molecule has 1 aliphatic heterocycles. The molecular weight excluding hydrogens is 296 g/mol. The van der Waals surface area contributed by atoms with Gasteiger partial charge >= 0.3 is 6.03 Å². The molecule has 1 aliphatic carbocycles. The van der Waals surface area contributed by atoms with Crippen LogP contribution in [0.15, 0.2) is 30.3 Å². The van der Waals surface area contributed by atoms with E-state index in [0.29, 0.717) is 6.61 Å². The van der Waals surface area contributed by atoms with Crippen molar-refractivity contribution in [3.05, 3.63) is 35.9 Å². The summed E-state index contributed by atoms with van der Waals surface area (Å²) in [7, 11) is 0. The zero-order valence-electron chi connectivity index (χ0n) is 13.2. The van der Waals surface area contributed by atoms with Crippen LogP contribution in [0.1, 0.15) is 25.3 Å². The first-order valence-corrected chi connectivity index (χ1v) is 7.94. The summed E-state index contributed by atoms with van der Waals surface area (Å²) >= 11 is 0. The highest BCUT2D eigenvalue weighted by Crippen LogP contribution is 2.42. The first-order chi connectivity index (χ1) is 11.0. The topological polar surface area (TPSA) is 78.9 Å². The number of hydrogen-bond acceptors (Lipinski definition) is 4. The van der Waals surface area contributed by atoms with Gasteiger partial charge in [-0.25, -0.2) is 4.79 Å². The minimum Gasteiger partial charge on any atom is -0.389 e. The van der Waals surface area contributed by atoms with Gasteiger partial charge in [0.25, 0.3) is 5.91 Å². The summed E-state index contributed by atoms with van der Waals surface area (Å²) < 4.78 is 5.45. The number of nitrogens with zero attached hydrogens (tertiary/aromatic N) is 1. The van der Waals surface area contributed by atoms with Crippen LogP contribution < -0.4 is 5.32 Å². The smallest absolute Gasteiger partial charge is 0.325 e. The number of aliphatic hydroxyl groups is 1. The molecule has 6 heteroatoms. The van der Waals surface area contributed by atoms with E-state index in [0.717, 1.165) is 23.3 Å². The molecule has 1 heterocycles. The molecule has 1 aromatic carbocycles. The average molecular weight is 318 g/mol. The number of urea groups is 1. The summed E-state index contributed by atoms with van der Waals surface area (Å²) in [6.07, 6.45) is 1.02. The van der Waals surface area contributed by atoms with Crippen molar-refractivity contribution < 1.29 is 19.4 Å². The number of ether oxygens (including phenoxy) is 1. The van der Waals surface area contributed by atoms with E-state index in [9.17, 15) is 14.7 Å². The van der Waals surface area contributed by atoms with E-state index in [2.05, 4.69) is 5.32 Å². The van der Waals surface area contributed by atoms with E-state index >= 15 is 0 Å². The average Bonchev–Trinajstić information content (AvgIpc) is 3.35. The Kier molecular flexibility index (Phi) is 4.37. The quantitative estimate of drug-likeness (QED) is 0.743. The molecule has 1 aromatic rings. The molecule has 0 spiro atoms. The lowest BCUT2D eigenvalue weighted by atomic mass is 9.96. The minimum absolute atomic E-state index is 0.0399. The molecule has 124 valence electrons. The third-order valence-corrected chi connectivity index (χ3v) is 4.51. The van der Waals surface area contributed by atoms with E-state index in [4.69, 9.17) is 4.74 Å². The van der Waals surface area contributed by atoms with Gasteiger partial charge < -0.3 is 15.2 Å². The Morgan fingerprint density at radius 1 is 1.35 bits per heavy atom. The number of imide groups is 1. The molecule has 0 unspecified atom stereocenters. The molecule has 3 amide bonds. The van der Waals surface area contributed by atoms with Crippen LogP contribution in [0, 0.1) is 5.92 Å². The number of rotatable bonds is 7. The van der Waals surface area contributed by atoms with Gasteiger partial charge in [0.2, 0.25) is 0 Å². The van der Waals surface area contributed by atoms with E-state index in [1.807, 2.05) is 30.3 Å². The Labute approximate surface area is 135 Å². The molecule has 23 heavy (non-hydrogen) atoms. The number of amides is 3. The van der Waals surface area contributed by atoms with Crippen molar-refractivity contribution >= 4 is 11.9 Å². The van der Waals surface area contributed by atoms with Gasteiger partial charge in [0.05, 0.1) is 25.9 Å². The Bertz CT molecular complexity index is 588. The third-order valence-electron chi connectivity index (χ3n) is 4.51. The van der Waals surface area contributed by atoms with Gasteiger partial charge in [-0.3, -0.25) is 9.69 Å². The molecule has 1 saturated carbocycles. The Hall–Kier alpha value is -1.92. The molecule has 2 aliphatic rings. The second kappa shape index (κ2) is 6.29. The van der Waals surface area contributed by atoms with Crippen molar-refractivity contribution in [1.82, 2.24) is 10.2 Å². The normalized spacial score (nSPS) is 25.6. The monoisotopic (exact) mass is 318 g/mol. The molecule has 6 nitrogen and oxygen atoms in total. The zero-order chi connectivity index (χ0) is 16.4. The molecule has 0 aromatic heterocycles. The number of benzene rings is 1. The van der Waals surface area contributed by atoms with Gasteiger partial charge in [-0.2, -0.15) is 0 Å². The van der Waals surface area contributed by atoms with E-state index < -0.39 is 17.7 Å². The van der Waals surface area contributed by atoms with Crippen molar-refractivity contribution in [1.29, 1.82) is 0 Å². The van der Waals surface area contributed by atoms with Crippen LogP contribution in [0.4, 0.5) is 4.79 Å². The van der Waals surface area contributed by atoms with Gasteiger partial charge in [0.15, 0.2) is 0 Å². The predicted molar refractivity (Wildman–Crippen MR) is 83.5 cm³/mol. The van der Waals surface area contributed by atoms with Crippen molar-refractivity contribution in [3.8, 4) is 0 Å². The number of aliphatic hydroxyl groups excluding tert-OH is 1. The van der Waals surface area contributed by atoms with Gasteiger partial charge in [0.1, 0.15) is 5.54 Å². The van der Waals surface area contributed by atoms with Crippen LogP contribution in [-0.4, -0.2) is 46.7 Å². The maximum atomic E-state index is 12.4. The summed E-state index contributed by atoms with van der Waals surface area (Å²) in [5.74, 6) is -0.0254. The molecule has 2 fully saturated rings. The maximum Gasteiger partial charge on any atom is 0.325 e. The fourth-order valence-electron chi connectivity index (χ4n) is 2.97. The second-order valence-electron chi connectivity index (χ2n) is 6.48. The maximum absolute atomic E-state index is 12.4. The molecule has 1 saturated heterocycles. The summed E-state index contributed by atoms with van der Waals surface area (Å²) in [6, 6.07) is 9.21. The van der Waals surface area contributed by atoms with Crippen LogP contribution in [0.5, 0.6) is 0 Å². The largest absolute Gasteiger partial charge is 0.389 e. The fraction of sp³-hybridized carbons (Fsp3) is 0.529. The van der Waals surface area contributed by atoms with Crippen LogP contribution in [-0.2, 0) is 16.1 Å². The fourth-order valence-corrected chi connectivity index (χ4v) is 2.97. The van der Waals surface area contributed by atoms with Crippen LogP contribution in [0.2, 0.25) is 0 Å². The van der Waals surface area contributed by atoms with Crippen LogP contribution >= 0.6 is 0 Å². The number of carbonyl (C=O) groups excluding carboxylic acids is 2. The van der Waals surface area contributed by atoms with Crippen LogP contribution in [0.25, 0.3) is 0 Å². The zero-order valence-corrected chi connectivity index (χ0v) is 13.2. The number of nitrogens with one attached hydrogen (secondary N) is 1. The first kappa shape index (κ1) is 16.0. The lowest BCUT2D eigenvalue weighted by Gasteiger charge is -2.22. The molecule has 2 atom stereocenters. The Morgan fingerprint density at radius 3 is 2.70 bits per heavy atom. The Balaban J connectivity index is 1.48. The highest BCUT2D eigenvalue weighted by molar-refractivity contribution is 6.07. The molecule has 3 rings (SSSR count). The third kappa shape index (κ3) is 3.38. The predicted octanol–water partition coefficient (Wildman–Crippen LogP) is 1.28. The SMILES string of the molecule is C[C@]1(C2CC2)NC(=O)N(C[C@H](O)COCc2ccccc2)C1=O. The Morgan fingerprint density at radius 2 is 2.04 bits per heavy atom. The highest BCUT2D eigenvalue weighted by Gasteiger charge is 2.56. The van der Waals surface area contributed by atoms with E-state index in [-0.39, 0.29) is 25.0 Å². The van der Waals surface area contributed by atoms with Crippen molar-refractivity contribution in [2.75, 3.05) is 13.2 Å². The van der Waals surface area contributed by atoms with Crippen molar-refractivity contribution in [3.63, 3.8) is 0 Å². The molecule has 0 radical (unpaired) electrons. The highest BCUT2D eigenvalue weighted by atomic mass is 16.5. The molecule has 2 N–H and O–H groups in total. The van der Waals surface area contributed by atoms with Crippen molar-refractivity contribution in [2.45, 2.75) is 38.0 Å². The number of β-amino-alcohol motifs (C(OH)–C–C–N with tert-alkyl or cyclic N) is 1. The summed E-state index contributed by atoms with van der Waals surface area (Å²) in [5, 5.41) is 12.8. The number of carbonyl (C=O) groups is 2. The van der Waals surface area contributed by atoms with Gasteiger partial charge in [-0.15, -0.1) is 0 Å². The lowest BCUT2D eigenvalue weighted by molar-refractivity contribution is -0.132. The van der Waals surface area contributed by atoms with Gasteiger partial charge in [-0.05, 0) is 31.2 Å². The van der Waals surface area contributed by atoms with Gasteiger partial charge in [-0.1, -0.05) is 30.3 Å². The van der Waals surface area contributed by atoms with E-state index in [1.54, 1.807) is 6.92 Å². The van der Waals surface area contributed by atoms with Crippen LogP contribution in [0.3, 0.4) is 0 Å². The second-order valence-corrected chi connectivity index (χ2v) is 6.48. The first-order valence-electron chi connectivity index (χ1n) is 7.94. The summed E-state index contributed by atoms with van der Waals surface area (Å²) in [4.78, 5) is 25.6. The standard InChI is InChI=1S/C17H22N2O4/c1-17(13-7-8-13)15(21)19(16(22)18-17)9-14(20)11-23-10-12-5-3-2-4-6-12/h2-6,13-14,20H,7-11H2,1H3,(H,18,22)/t14-,17+/m0/s1. The minimum atomic E-state index is -0.894. The van der Waals surface area contributed by atoms with Gasteiger partial charge in [0, 0.05) is 0 Å². The van der Waals surface area contributed by atoms with E-state index in [1.165, 1.54) is 0 Å². The lowest BCUT2D eigenvalue weighted by Crippen LogP contribution is -2.46. The number of hydrogen-bond donors (Lipinski definition) is 2. The summed E-state index contributed by atoms with van der Waals surface area (Å²) in [5.41, 5.74) is 0.206. The molecular formula is C17H22N2O4. The van der Waals surface area contributed by atoms with Crippen molar-refractivity contribution in [2.24, 2.45) is 5.92 Å². The molecule has 0 bridgehead atoms.